The van der Waals surface area contributed by atoms with Crippen molar-refractivity contribution in [1.29, 1.82) is 0 Å². The summed E-state index contributed by atoms with van der Waals surface area (Å²) in [6.45, 7) is 3.88. The smallest absolute Gasteiger partial charge is 0.229 e. The van der Waals surface area contributed by atoms with Crippen molar-refractivity contribution in [1.82, 2.24) is 15.0 Å². The van der Waals surface area contributed by atoms with Crippen LogP contribution >= 0.6 is 0 Å². The molecule has 0 radical (unpaired) electrons. The molecule has 0 unspecified atom stereocenters. The fourth-order valence-electron chi connectivity index (χ4n) is 3.58. The van der Waals surface area contributed by atoms with Crippen molar-refractivity contribution in [3.8, 4) is 5.75 Å². The summed E-state index contributed by atoms with van der Waals surface area (Å²) in [5.41, 5.74) is 0.851. The lowest BCUT2D eigenvalue weighted by Crippen LogP contribution is -2.27. The molecule has 3 aromatic rings. The Bertz CT molecular complexity index is 1040. The molecule has 1 aromatic carbocycles. The Morgan fingerprint density at radius 3 is 2.83 bits per heavy atom. The second-order valence-electron chi connectivity index (χ2n) is 7.28. The molecule has 148 valence electrons. The van der Waals surface area contributed by atoms with Crippen LogP contribution < -0.4 is 10.1 Å². The molecule has 1 N–H and O–H groups in total. The summed E-state index contributed by atoms with van der Waals surface area (Å²) in [6.07, 6.45) is 3.80. The minimum atomic E-state index is -0.613. The highest BCUT2D eigenvalue weighted by atomic mass is 19.1. The van der Waals surface area contributed by atoms with E-state index in [0.29, 0.717) is 23.8 Å². The van der Waals surface area contributed by atoms with Gasteiger partial charge in [-0.1, -0.05) is 18.2 Å². The molecule has 6 nitrogen and oxygen atoms in total. The Labute approximate surface area is 168 Å². The Hall–Kier alpha value is -3.35. The molecule has 1 aliphatic carbocycles. The lowest BCUT2D eigenvalue weighted by molar-refractivity contribution is -0.117. The molecule has 1 amide bonds. The molecule has 2 heterocycles. The van der Waals surface area contributed by atoms with E-state index in [1.807, 2.05) is 19.9 Å². The zero-order valence-electron chi connectivity index (χ0n) is 16.2. The van der Waals surface area contributed by atoms with E-state index in [1.54, 1.807) is 36.7 Å². The minimum absolute atomic E-state index is 0.159. The number of pyridine rings is 1. The van der Waals surface area contributed by atoms with Crippen molar-refractivity contribution in [3.63, 3.8) is 0 Å². The zero-order valence-corrected chi connectivity index (χ0v) is 16.2. The number of rotatable bonds is 6. The molecule has 0 aliphatic heterocycles. The van der Waals surface area contributed by atoms with E-state index in [9.17, 15) is 9.18 Å². The standard InChI is InChI=1S/C22H21FN4O2/c1-14-19(12-25-15(2)26-14)29-13-22(16-6-5-7-17(23)10-16)11-18(22)21(28)27-20-8-3-4-9-24-20/h3-10,12,18H,11,13H2,1-2H3,(H,24,27,28)/t18-,22+/m0/s1. The van der Waals surface area contributed by atoms with Crippen LogP contribution in [0, 0.1) is 25.6 Å². The number of anilines is 1. The normalized spacial score (nSPS) is 20.2. The van der Waals surface area contributed by atoms with E-state index < -0.39 is 5.41 Å². The molecule has 0 spiro atoms. The van der Waals surface area contributed by atoms with Gasteiger partial charge in [0.25, 0.3) is 0 Å². The molecule has 2 aromatic heterocycles. The number of carbonyl (C=O) groups is 1. The van der Waals surface area contributed by atoms with Crippen LogP contribution in [0.2, 0.25) is 0 Å². The van der Waals surface area contributed by atoms with Gasteiger partial charge in [0.05, 0.1) is 24.4 Å². The number of benzene rings is 1. The summed E-state index contributed by atoms with van der Waals surface area (Å²) < 4.78 is 19.9. The molecule has 4 rings (SSSR count). The fraction of sp³-hybridized carbons (Fsp3) is 0.273. The fourth-order valence-corrected chi connectivity index (χ4v) is 3.58. The van der Waals surface area contributed by atoms with Crippen LogP contribution in [0.4, 0.5) is 10.2 Å². The molecule has 7 heteroatoms. The maximum atomic E-state index is 13.9. The first kappa shape index (κ1) is 19.0. The average molecular weight is 392 g/mol. The van der Waals surface area contributed by atoms with Crippen LogP contribution in [0.3, 0.4) is 0 Å². The second-order valence-corrected chi connectivity index (χ2v) is 7.28. The minimum Gasteiger partial charge on any atom is -0.489 e. The van der Waals surface area contributed by atoms with Gasteiger partial charge >= 0.3 is 0 Å². The van der Waals surface area contributed by atoms with Crippen LogP contribution in [0.25, 0.3) is 0 Å². The van der Waals surface area contributed by atoms with Crippen LogP contribution in [-0.2, 0) is 10.2 Å². The molecule has 0 bridgehead atoms. The van der Waals surface area contributed by atoms with E-state index in [2.05, 4.69) is 20.3 Å². The van der Waals surface area contributed by atoms with Crippen LogP contribution in [-0.4, -0.2) is 27.5 Å². The van der Waals surface area contributed by atoms with Gasteiger partial charge in [-0.3, -0.25) is 4.79 Å². The highest BCUT2D eigenvalue weighted by Crippen LogP contribution is 2.55. The molecular weight excluding hydrogens is 371 g/mol. The van der Waals surface area contributed by atoms with E-state index in [1.165, 1.54) is 12.1 Å². The second kappa shape index (κ2) is 7.58. The van der Waals surface area contributed by atoms with Gasteiger partial charge in [-0.25, -0.2) is 19.3 Å². The van der Waals surface area contributed by atoms with Crippen LogP contribution in [0.1, 0.15) is 23.5 Å². The van der Waals surface area contributed by atoms with Gasteiger partial charge in [0.2, 0.25) is 5.91 Å². The molecule has 0 saturated heterocycles. The van der Waals surface area contributed by atoms with Gasteiger partial charge in [0.15, 0.2) is 5.75 Å². The molecule has 1 aliphatic rings. The van der Waals surface area contributed by atoms with E-state index in [0.717, 1.165) is 11.3 Å². The third-order valence-corrected chi connectivity index (χ3v) is 5.25. The van der Waals surface area contributed by atoms with E-state index >= 15 is 0 Å². The van der Waals surface area contributed by atoms with Gasteiger partial charge in [-0.05, 0) is 50.1 Å². The topological polar surface area (TPSA) is 77.0 Å². The number of hydrogen-bond acceptors (Lipinski definition) is 5. The van der Waals surface area contributed by atoms with Gasteiger partial charge in [0.1, 0.15) is 17.5 Å². The highest BCUT2D eigenvalue weighted by Gasteiger charge is 2.60. The number of amides is 1. The first-order valence-electron chi connectivity index (χ1n) is 9.39. The zero-order chi connectivity index (χ0) is 20.4. The quantitative estimate of drug-likeness (QED) is 0.694. The third-order valence-electron chi connectivity index (χ3n) is 5.25. The number of aromatic nitrogens is 3. The highest BCUT2D eigenvalue weighted by molar-refractivity contribution is 5.95. The maximum absolute atomic E-state index is 13.9. The summed E-state index contributed by atoms with van der Waals surface area (Å²) in [5.74, 6) is 0.857. The summed E-state index contributed by atoms with van der Waals surface area (Å²) in [7, 11) is 0. The monoisotopic (exact) mass is 392 g/mol. The molecule has 1 saturated carbocycles. The van der Waals surface area contributed by atoms with Crippen LogP contribution in [0.5, 0.6) is 5.75 Å². The van der Waals surface area contributed by atoms with Crippen molar-refractivity contribution in [2.45, 2.75) is 25.7 Å². The number of nitrogens with one attached hydrogen (secondary N) is 1. The predicted octanol–water partition coefficient (Wildman–Crippen LogP) is 3.60. The molecule has 29 heavy (non-hydrogen) atoms. The van der Waals surface area contributed by atoms with E-state index in [-0.39, 0.29) is 24.2 Å². The Morgan fingerprint density at radius 2 is 2.10 bits per heavy atom. The van der Waals surface area contributed by atoms with Crippen molar-refractivity contribution >= 4 is 11.7 Å². The maximum Gasteiger partial charge on any atom is 0.229 e. The van der Waals surface area contributed by atoms with Gasteiger partial charge in [-0.2, -0.15) is 0 Å². The van der Waals surface area contributed by atoms with Crippen molar-refractivity contribution in [2.24, 2.45) is 5.92 Å². The predicted molar refractivity (Wildman–Crippen MR) is 106 cm³/mol. The van der Waals surface area contributed by atoms with Crippen LogP contribution in [0.15, 0.2) is 54.9 Å². The number of halogens is 1. The number of nitrogens with zero attached hydrogens (tertiary/aromatic N) is 3. The van der Waals surface area contributed by atoms with Gasteiger partial charge in [0, 0.05) is 11.6 Å². The largest absolute Gasteiger partial charge is 0.489 e. The molecular formula is C22H21FN4O2. The average Bonchev–Trinajstić information content (AvgIpc) is 3.44. The van der Waals surface area contributed by atoms with E-state index in [4.69, 9.17) is 4.74 Å². The molecule has 1 fully saturated rings. The number of aryl methyl sites for hydroxylation is 2. The Kier molecular flexibility index (Phi) is 4.96. The summed E-state index contributed by atoms with van der Waals surface area (Å²) in [5, 5.41) is 2.84. The SMILES string of the molecule is Cc1ncc(OC[C@@]2(c3cccc(F)c3)C[C@H]2C(=O)Nc2ccccn2)c(C)n1. The van der Waals surface area contributed by atoms with Crippen molar-refractivity contribution < 1.29 is 13.9 Å². The molecule has 2 atom stereocenters. The first-order chi connectivity index (χ1) is 14.0. The summed E-state index contributed by atoms with van der Waals surface area (Å²) in [4.78, 5) is 25.5. The first-order valence-corrected chi connectivity index (χ1v) is 9.39. The number of hydrogen-bond donors (Lipinski definition) is 1. The lowest BCUT2D eigenvalue weighted by Gasteiger charge is -2.19. The van der Waals surface area contributed by atoms with Gasteiger partial charge < -0.3 is 10.1 Å². The number of ether oxygens (including phenoxy) is 1. The Morgan fingerprint density at radius 1 is 1.24 bits per heavy atom. The number of carbonyl (C=O) groups excluding carboxylic acids is 1. The van der Waals surface area contributed by atoms with Gasteiger partial charge in [-0.15, -0.1) is 0 Å². The third kappa shape index (κ3) is 3.94. The Balaban J connectivity index is 1.57. The lowest BCUT2D eigenvalue weighted by atomic mass is 9.93. The van der Waals surface area contributed by atoms with Crippen molar-refractivity contribution in [3.05, 3.63) is 77.8 Å². The van der Waals surface area contributed by atoms with Crippen molar-refractivity contribution in [2.75, 3.05) is 11.9 Å². The summed E-state index contributed by atoms with van der Waals surface area (Å²) in [6, 6.07) is 11.7. The summed E-state index contributed by atoms with van der Waals surface area (Å²) >= 11 is 0.